The van der Waals surface area contributed by atoms with Gasteiger partial charge in [-0.25, -0.2) is 5.43 Å². The van der Waals surface area contributed by atoms with E-state index >= 15 is 0 Å². The van der Waals surface area contributed by atoms with Gasteiger partial charge >= 0.3 is 0 Å². The van der Waals surface area contributed by atoms with Gasteiger partial charge in [-0.2, -0.15) is 10.2 Å². The Labute approximate surface area is 196 Å². The highest BCUT2D eigenvalue weighted by atomic mass is 35.5. The van der Waals surface area contributed by atoms with Crippen molar-refractivity contribution >= 4 is 23.7 Å². The first-order valence-electron chi connectivity index (χ1n) is 10.1. The summed E-state index contributed by atoms with van der Waals surface area (Å²) in [6, 6.07) is 24.1. The largest absolute Gasteiger partial charge is 0.493 e. The predicted octanol–water partition coefficient (Wildman–Crippen LogP) is 5.08. The Kier molecular flexibility index (Phi) is 7.02. The van der Waals surface area contributed by atoms with E-state index in [4.69, 9.17) is 21.1 Å². The number of methoxy groups -OCH3 is 1. The van der Waals surface area contributed by atoms with Crippen molar-refractivity contribution in [2.75, 3.05) is 7.11 Å². The molecule has 2 N–H and O–H groups in total. The van der Waals surface area contributed by atoms with Gasteiger partial charge < -0.3 is 9.47 Å². The van der Waals surface area contributed by atoms with E-state index in [9.17, 15) is 4.79 Å². The molecule has 1 aromatic heterocycles. The van der Waals surface area contributed by atoms with E-state index < -0.39 is 5.91 Å². The maximum Gasteiger partial charge on any atom is 0.289 e. The Balaban J connectivity index is 1.39. The normalized spacial score (nSPS) is 10.8. The first kappa shape index (κ1) is 22.1. The first-order chi connectivity index (χ1) is 16.1. The summed E-state index contributed by atoms with van der Waals surface area (Å²) in [6.45, 7) is 0.407. The van der Waals surface area contributed by atoms with E-state index in [2.05, 4.69) is 20.7 Å². The second kappa shape index (κ2) is 10.5. The van der Waals surface area contributed by atoms with Crippen LogP contribution in [0.25, 0.3) is 11.3 Å². The number of benzene rings is 3. The first-order valence-corrected chi connectivity index (χ1v) is 10.5. The lowest BCUT2D eigenvalue weighted by molar-refractivity contribution is 0.0950. The van der Waals surface area contributed by atoms with E-state index in [1.165, 1.54) is 6.21 Å². The van der Waals surface area contributed by atoms with E-state index in [1.54, 1.807) is 37.4 Å². The zero-order chi connectivity index (χ0) is 23.0. The lowest BCUT2D eigenvalue weighted by atomic mass is 10.1. The van der Waals surface area contributed by atoms with Crippen molar-refractivity contribution in [3.63, 3.8) is 0 Å². The van der Waals surface area contributed by atoms with E-state index in [-0.39, 0.29) is 0 Å². The molecule has 4 aromatic rings. The maximum atomic E-state index is 12.4. The Hall–Kier alpha value is -4.10. The third-order valence-electron chi connectivity index (χ3n) is 4.77. The molecule has 4 rings (SSSR count). The molecule has 0 atom stereocenters. The molecule has 0 aliphatic heterocycles. The molecule has 1 heterocycles. The standard InChI is InChI=1S/C25H21ClN4O3/c1-32-23-12-7-18(13-24(23)33-16-17-5-3-2-4-6-17)15-27-30-25(31)22-14-21(28-29-22)19-8-10-20(26)11-9-19/h2-15H,16H2,1H3,(H,28,29)(H,30,31)/b27-15+. The topological polar surface area (TPSA) is 88.6 Å². The van der Waals surface area contributed by atoms with E-state index in [1.807, 2.05) is 48.5 Å². The van der Waals surface area contributed by atoms with E-state index in [0.717, 1.165) is 16.7 Å². The molecule has 8 heteroatoms. The molecule has 166 valence electrons. The molecule has 3 aromatic carbocycles. The van der Waals surface area contributed by atoms with Crippen molar-refractivity contribution in [1.29, 1.82) is 0 Å². The van der Waals surface area contributed by atoms with Crippen molar-refractivity contribution < 1.29 is 14.3 Å². The van der Waals surface area contributed by atoms with Crippen molar-refractivity contribution in [2.24, 2.45) is 5.10 Å². The smallest absolute Gasteiger partial charge is 0.289 e. The quantitative estimate of drug-likeness (QED) is 0.283. The van der Waals surface area contributed by atoms with Gasteiger partial charge in [0.15, 0.2) is 11.5 Å². The van der Waals surface area contributed by atoms with Crippen LogP contribution in [0.4, 0.5) is 0 Å². The fraction of sp³-hybridized carbons (Fsp3) is 0.0800. The van der Waals surface area contributed by atoms with Gasteiger partial charge in [-0.1, -0.05) is 54.1 Å². The average Bonchev–Trinajstić information content (AvgIpc) is 3.34. The molecule has 0 radical (unpaired) electrons. The second-order valence-electron chi connectivity index (χ2n) is 7.06. The molecule has 0 bridgehead atoms. The number of ether oxygens (including phenoxy) is 2. The molecule has 0 spiro atoms. The number of carbonyl (C=O) groups is 1. The zero-order valence-electron chi connectivity index (χ0n) is 17.8. The molecule has 33 heavy (non-hydrogen) atoms. The van der Waals surface area contributed by atoms with Gasteiger partial charge in [-0.05, 0) is 47.5 Å². The van der Waals surface area contributed by atoms with Crippen LogP contribution in [0.3, 0.4) is 0 Å². The van der Waals surface area contributed by atoms with Crippen molar-refractivity contribution in [1.82, 2.24) is 15.6 Å². The average molecular weight is 461 g/mol. The number of hydrogen-bond acceptors (Lipinski definition) is 5. The molecular weight excluding hydrogens is 440 g/mol. The molecule has 0 saturated heterocycles. The lowest BCUT2D eigenvalue weighted by Crippen LogP contribution is -2.18. The molecule has 0 saturated carbocycles. The summed E-state index contributed by atoms with van der Waals surface area (Å²) in [4.78, 5) is 12.4. The minimum atomic E-state index is -0.409. The van der Waals surface area contributed by atoms with Gasteiger partial charge in [0.05, 0.1) is 19.0 Å². The molecule has 0 fully saturated rings. The number of amides is 1. The number of carbonyl (C=O) groups excluding carboxylic acids is 1. The summed E-state index contributed by atoms with van der Waals surface area (Å²) in [7, 11) is 1.58. The van der Waals surface area contributed by atoms with Gasteiger partial charge in [0.25, 0.3) is 5.91 Å². The Morgan fingerprint density at radius 3 is 2.61 bits per heavy atom. The highest BCUT2D eigenvalue weighted by molar-refractivity contribution is 6.30. The summed E-state index contributed by atoms with van der Waals surface area (Å²) in [5.74, 6) is 0.783. The second-order valence-corrected chi connectivity index (χ2v) is 7.49. The van der Waals surface area contributed by atoms with Gasteiger partial charge in [-0.15, -0.1) is 0 Å². The highest BCUT2D eigenvalue weighted by Crippen LogP contribution is 2.28. The maximum absolute atomic E-state index is 12.4. The van der Waals surface area contributed by atoms with Gasteiger partial charge in [0, 0.05) is 10.6 Å². The van der Waals surface area contributed by atoms with Gasteiger partial charge in [-0.3, -0.25) is 9.89 Å². The minimum Gasteiger partial charge on any atom is -0.493 e. The van der Waals surface area contributed by atoms with Crippen molar-refractivity contribution in [2.45, 2.75) is 6.61 Å². The number of hydrogen-bond donors (Lipinski definition) is 2. The summed E-state index contributed by atoms with van der Waals surface area (Å²) in [5.41, 5.74) is 6.05. The number of nitrogens with zero attached hydrogens (tertiary/aromatic N) is 2. The van der Waals surface area contributed by atoms with Crippen LogP contribution in [0, 0.1) is 0 Å². The third kappa shape index (κ3) is 5.78. The molecule has 7 nitrogen and oxygen atoms in total. The molecule has 1 amide bonds. The Bertz CT molecular complexity index is 1250. The van der Waals surface area contributed by atoms with Crippen molar-refractivity contribution in [3.05, 3.63) is 101 Å². The fourth-order valence-electron chi connectivity index (χ4n) is 3.05. The van der Waals surface area contributed by atoms with Crippen LogP contribution in [-0.2, 0) is 6.61 Å². The molecule has 0 aliphatic rings. The monoisotopic (exact) mass is 460 g/mol. The minimum absolute atomic E-state index is 0.290. The Morgan fingerprint density at radius 2 is 1.85 bits per heavy atom. The van der Waals surface area contributed by atoms with Crippen LogP contribution < -0.4 is 14.9 Å². The number of nitrogens with one attached hydrogen (secondary N) is 2. The number of rotatable bonds is 8. The van der Waals surface area contributed by atoms with Crippen LogP contribution >= 0.6 is 11.6 Å². The van der Waals surface area contributed by atoms with Gasteiger partial charge in [0.1, 0.15) is 12.3 Å². The predicted molar refractivity (Wildman–Crippen MR) is 128 cm³/mol. The number of H-pyrrole nitrogens is 1. The number of halogens is 1. The summed E-state index contributed by atoms with van der Waals surface area (Å²) < 4.78 is 11.3. The van der Waals surface area contributed by atoms with Crippen molar-refractivity contribution in [3.8, 4) is 22.8 Å². The van der Waals surface area contributed by atoms with E-state index in [0.29, 0.717) is 34.5 Å². The number of aromatic nitrogens is 2. The Morgan fingerprint density at radius 1 is 1.06 bits per heavy atom. The molecule has 0 aliphatic carbocycles. The third-order valence-corrected chi connectivity index (χ3v) is 5.02. The summed E-state index contributed by atoms with van der Waals surface area (Å²) in [6.07, 6.45) is 1.53. The summed E-state index contributed by atoms with van der Waals surface area (Å²) >= 11 is 5.91. The van der Waals surface area contributed by atoms with Crippen LogP contribution in [0.2, 0.25) is 5.02 Å². The number of hydrazone groups is 1. The van der Waals surface area contributed by atoms with Crippen LogP contribution in [0.15, 0.2) is 84.0 Å². The van der Waals surface area contributed by atoms with Crippen LogP contribution in [0.5, 0.6) is 11.5 Å². The van der Waals surface area contributed by atoms with Crippen LogP contribution in [-0.4, -0.2) is 29.4 Å². The number of aromatic amines is 1. The highest BCUT2D eigenvalue weighted by Gasteiger charge is 2.11. The SMILES string of the molecule is COc1ccc(/C=N/NC(=O)c2cc(-c3ccc(Cl)cc3)n[nH]2)cc1OCc1ccccc1. The zero-order valence-corrected chi connectivity index (χ0v) is 18.5. The molecule has 0 unspecified atom stereocenters. The summed E-state index contributed by atoms with van der Waals surface area (Å²) in [5, 5.41) is 11.6. The van der Waals surface area contributed by atoms with Gasteiger partial charge in [0.2, 0.25) is 0 Å². The fourth-order valence-corrected chi connectivity index (χ4v) is 3.18. The van der Waals surface area contributed by atoms with Crippen LogP contribution in [0.1, 0.15) is 21.6 Å². The molecular formula is C25H21ClN4O3. The lowest BCUT2D eigenvalue weighted by Gasteiger charge is -2.11.